The maximum Gasteiger partial charge on any atom is 0.0596 e. The topological polar surface area (TPSA) is 40.5 Å². The minimum atomic E-state index is -0.189. The highest BCUT2D eigenvalue weighted by atomic mass is 16.3. The van der Waals surface area contributed by atoms with Crippen LogP contribution in [0.5, 0.6) is 0 Å². The molecule has 0 aromatic rings. The molecule has 0 aromatic carbocycles. The third-order valence-electron chi connectivity index (χ3n) is 6.67. The lowest BCUT2D eigenvalue weighted by Crippen LogP contribution is -2.40. The highest BCUT2D eigenvalue weighted by molar-refractivity contribution is 4.91. The average molecular weight is 311 g/mol. The van der Waals surface area contributed by atoms with Crippen LogP contribution in [-0.4, -0.2) is 22.4 Å². The van der Waals surface area contributed by atoms with E-state index in [-0.39, 0.29) is 17.6 Å². The van der Waals surface area contributed by atoms with Gasteiger partial charge in [0.05, 0.1) is 12.2 Å². The first kappa shape index (κ1) is 18.3. The lowest BCUT2D eigenvalue weighted by molar-refractivity contribution is -0.0317. The zero-order chi connectivity index (χ0) is 16.0. The lowest BCUT2D eigenvalue weighted by atomic mass is 9.65. The van der Waals surface area contributed by atoms with Crippen LogP contribution in [0, 0.1) is 17.3 Å². The minimum Gasteiger partial charge on any atom is -0.393 e. The summed E-state index contributed by atoms with van der Waals surface area (Å²) in [5.74, 6) is 1.17. The first-order valence-corrected chi connectivity index (χ1v) is 9.88. The summed E-state index contributed by atoms with van der Waals surface area (Å²) in [4.78, 5) is 0. The van der Waals surface area contributed by atoms with Gasteiger partial charge < -0.3 is 10.2 Å². The molecular weight excluding hydrogens is 272 g/mol. The fourth-order valence-corrected chi connectivity index (χ4v) is 4.89. The molecule has 0 radical (unpaired) electrons. The van der Waals surface area contributed by atoms with Crippen LogP contribution in [0.3, 0.4) is 0 Å². The molecule has 0 saturated heterocycles. The van der Waals surface area contributed by atoms with E-state index in [4.69, 9.17) is 0 Å². The van der Waals surface area contributed by atoms with E-state index in [0.29, 0.717) is 11.8 Å². The Balaban J connectivity index is 2.10. The van der Waals surface area contributed by atoms with Crippen LogP contribution in [0.1, 0.15) is 97.3 Å². The van der Waals surface area contributed by atoms with Gasteiger partial charge in [-0.1, -0.05) is 52.4 Å². The maximum atomic E-state index is 11.0. The molecule has 22 heavy (non-hydrogen) atoms. The molecule has 0 heterocycles. The number of hydrogen-bond acceptors (Lipinski definition) is 2. The second-order valence-electron chi connectivity index (χ2n) is 8.53. The van der Waals surface area contributed by atoms with Gasteiger partial charge in [-0.05, 0) is 62.2 Å². The molecule has 4 atom stereocenters. The molecule has 2 saturated carbocycles. The summed E-state index contributed by atoms with van der Waals surface area (Å²) in [5.41, 5.74) is 0.00931. The highest BCUT2D eigenvalue weighted by Gasteiger charge is 2.40. The Morgan fingerprint density at radius 1 is 0.773 bits per heavy atom. The molecule has 0 aliphatic heterocycles. The summed E-state index contributed by atoms with van der Waals surface area (Å²) in [5, 5.41) is 21.3. The summed E-state index contributed by atoms with van der Waals surface area (Å²) < 4.78 is 0. The molecule has 4 unspecified atom stereocenters. The molecule has 2 aliphatic rings. The van der Waals surface area contributed by atoms with Crippen molar-refractivity contribution in [3.05, 3.63) is 0 Å². The smallest absolute Gasteiger partial charge is 0.0596 e. The van der Waals surface area contributed by atoms with Crippen molar-refractivity contribution in [2.45, 2.75) is 110 Å². The van der Waals surface area contributed by atoms with Crippen molar-refractivity contribution < 1.29 is 10.2 Å². The largest absolute Gasteiger partial charge is 0.393 e. The van der Waals surface area contributed by atoms with Gasteiger partial charge in [0.15, 0.2) is 0 Å². The number of aliphatic hydroxyl groups is 2. The molecule has 2 aliphatic carbocycles. The van der Waals surface area contributed by atoms with Gasteiger partial charge in [0.2, 0.25) is 0 Å². The monoisotopic (exact) mass is 310 g/mol. The van der Waals surface area contributed by atoms with E-state index in [2.05, 4.69) is 13.8 Å². The van der Waals surface area contributed by atoms with E-state index < -0.39 is 0 Å². The summed E-state index contributed by atoms with van der Waals surface area (Å²) >= 11 is 0. The molecule has 2 N–H and O–H groups in total. The molecule has 0 bridgehead atoms. The lowest BCUT2D eigenvalue weighted by Gasteiger charge is -2.42. The zero-order valence-electron chi connectivity index (χ0n) is 14.9. The summed E-state index contributed by atoms with van der Waals surface area (Å²) in [6.07, 6.45) is 15.1. The molecule has 2 rings (SSSR count). The Bertz CT molecular complexity index is 307. The minimum absolute atomic E-state index is 0.00931. The Morgan fingerprint density at radius 3 is 2.00 bits per heavy atom. The Kier molecular flexibility index (Phi) is 7.21. The van der Waals surface area contributed by atoms with Crippen LogP contribution in [0.2, 0.25) is 0 Å². The number of rotatable bonds is 1. The molecule has 2 heteroatoms. The Morgan fingerprint density at radius 2 is 1.36 bits per heavy atom. The van der Waals surface area contributed by atoms with Gasteiger partial charge in [0.25, 0.3) is 0 Å². The third-order valence-corrected chi connectivity index (χ3v) is 6.67. The van der Waals surface area contributed by atoms with Crippen molar-refractivity contribution in [3.63, 3.8) is 0 Å². The molecular formula is C20H38O2. The normalized spacial score (nSPS) is 40.6. The van der Waals surface area contributed by atoms with Gasteiger partial charge in [-0.15, -0.1) is 0 Å². The van der Waals surface area contributed by atoms with Crippen LogP contribution in [0.25, 0.3) is 0 Å². The second kappa shape index (κ2) is 8.68. The van der Waals surface area contributed by atoms with Crippen molar-refractivity contribution in [2.24, 2.45) is 17.3 Å². The van der Waals surface area contributed by atoms with E-state index in [1.165, 1.54) is 51.4 Å². The van der Waals surface area contributed by atoms with E-state index >= 15 is 0 Å². The molecule has 0 spiro atoms. The van der Waals surface area contributed by atoms with Gasteiger partial charge in [-0.25, -0.2) is 0 Å². The van der Waals surface area contributed by atoms with Crippen molar-refractivity contribution in [1.82, 2.24) is 0 Å². The van der Waals surface area contributed by atoms with Crippen molar-refractivity contribution in [2.75, 3.05) is 0 Å². The predicted molar refractivity (Wildman–Crippen MR) is 92.8 cm³/mol. The van der Waals surface area contributed by atoms with Gasteiger partial charge >= 0.3 is 0 Å². The van der Waals surface area contributed by atoms with Crippen LogP contribution in [-0.2, 0) is 0 Å². The zero-order valence-corrected chi connectivity index (χ0v) is 14.9. The van der Waals surface area contributed by atoms with Crippen LogP contribution in [0.4, 0.5) is 0 Å². The summed E-state index contributed by atoms with van der Waals surface area (Å²) in [6.45, 7) is 4.54. The molecule has 0 aromatic heterocycles. The fourth-order valence-electron chi connectivity index (χ4n) is 4.89. The molecule has 0 amide bonds. The molecule has 2 nitrogen and oxygen atoms in total. The van der Waals surface area contributed by atoms with E-state index in [1.807, 2.05) is 0 Å². The average Bonchev–Trinajstić information content (AvgIpc) is 2.65. The number of hydrogen-bond donors (Lipinski definition) is 2. The third kappa shape index (κ3) is 4.96. The maximum absolute atomic E-state index is 11.0. The predicted octanol–water partition coefficient (Wildman–Crippen LogP) is 5.07. The Hall–Kier alpha value is -0.0800. The van der Waals surface area contributed by atoms with Gasteiger partial charge in [0, 0.05) is 0 Å². The quantitative estimate of drug-likeness (QED) is 0.710. The van der Waals surface area contributed by atoms with Crippen LogP contribution in [0.15, 0.2) is 0 Å². The standard InChI is InChI=1S/C20H38O2/c1-16-11-12-19(22)20(2,14-13-18(21)15-16)17-9-7-5-3-4-6-8-10-17/h16-19,21-22H,3-15H2,1-2H3. The molecule has 130 valence electrons. The van der Waals surface area contributed by atoms with Gasteiger partial charge in [0.1, 0.15) is 0 Å². The molecule has 2 fully saturated rings. The fraction of sp³-hybridized carbons (Fsp3) is 1.00. The second-order valence-corrected chi connectivity index (χ2v) is 8.53. The van der Waals surface area contributed by atoms with E-state index in [1.54, 1.807) is 0 Å². The van der Waals surface area contributed by atoms with Crippen molar-refractivity contribution in [3.8, 4) is 0 Å². The van der Waals surface area contributed by atoms with Crippen molar-refractivity contribution in [1.29, 1.82) is 0 Å². The van der Waals surface area contributed by atoms with Gasteiger partial charge in [-0.2, -0.15) is 0 Å². The SMILES string of the molecule is CC1CCC(O)C(C)(C2CCCCCCCC2)CCC(O)C1. The van der Waals surface area contributed by atoms with Crippen molar-refractivity contribution >= 4 is 0 Å². The first-order chi connectivity index (χ1) is 10.5. The van der Waals surface area contributed by atoms with Crippen LogP contribution < -0.4 is 0 Å². The van der Waals surface area contributed by atoms with Crippen LogP contribution >= 0.6 is 0 Å². The van der Waals surface area contributed by atoms with Gasteiger partial charge in [-0.3, -0.25) is 0 Å². The number of aliphatic hydroxyl groups excluding tert-OH is 2. The van der Waals surface area contributed by atoms with E-state index in [0.717, 1.165) is 32.1 Å². The van der Waals surface area contributed by atoms with E-state index in [9.17, 15) is 10.2 Å². The summed E-state index contributed by atoms with van der Waals surface area (Å²) in [7, 11) is 0. The highest BCUT2D eigenvalue weighted by Crippen LogP contribution is 2.45. The first-order valence-electron chi connectivity index (χ1n) is 9.88. The Labute approximate surface area is 137 Å². The summed E-state index contributed by atoms with van der Waals surface area (Å²) in [6, 6.07) is 0.